The molecule has 0 atom stereocenters. The van der Waals surface area contributed by atoms with Crippen LogP contribution in [0.3, 0.4) is 0 Å². The van der Waals surface area contributed by atoms with Gasteiger partial charge in [0.1, 0.15) is 6.33 Å². The summed E-state index contributed by atoms with van der Waals surface area (Å²) in [5.74, 6) is 0.644. The van der Waals surface area contributed by atoms with Crippen LogP contribution >= 0.6 is 0 Å². The van der Waals surface area contributed by atoms with Gasteiger partial charge in [0.2, 0.25) is 0 Å². The van der Waals surface area contributed by atoms with Crippen LogP contribution < -0.4 is 5.56 Å². The molecule has 2 aromatic heterocycles. The van der Waals surface area contributed by atoms with Crippen LogP contribution in [0, 0.1) is 11.3 Å². The minimum atomic E-state index is -0.174. The fourth-order valence-corrected chi connectivity index (χ4v) is 3.16. The lowest BCUT2D eigenvalue weighted by molar-refractivity contribution is 0.179. The van der Waals surface area contributed by atoms with E-state index in [0.29, 0.717) is 16.8 Å². The van der Waals surface area contributed by atoms with E-state index in [-0.39, 0.29) is 5.56 Å². The summed E-state index contributed by atoms with van der Waals surface area (Å²) in [6.45, 7) is 5.57. The molecule has 1 aliphatic rings. The lowest BCUT2D eigenvalue weighted by Crippen LogP contribution is -2.24. The molecule has 2 heterocycles. The molecule has 0 radical (unpaired) electrons. The lowest BCUT2D eigenvalue weighted by Gasteiger charge is -2.34. The van der Waals surface area contributed by atoms with Gasteiger partial charge in [0.25, 0.3) is 5.56 Å². The standard InChI is InChI=1S/C15H22N4O/c1-15(2)6-4-11(5-7-15)8-19-10-16-13-12(19)14(20)17-9-18(13)3/h9-11H,4-8H2,1-3H3. The van der Waals surface area contributed by atoms with Crippen molar-refractivity contribution in [2.75, 3.05) is 0 Å². The molecule has 5 heteroatoms. The van der Waals surface area contributed by atoms with E-state index in [1.165, 1.54) is 32.0 Å². The maximum Gasteiger partial charge on any atom is 0.298 e. The van der Waals surface area contributed by atoms with Crippen molar-refractivity contribution in [3.63, 3.8) is 0 Å². The van der Waals surface area contributed by atoms with Crippen molar-refractivity contribution < 1.29 is 0 Å². The fourth-order valence-electron chi connectivity index (χ4n) is 3.16. The Kier molecular flexibility index (Phi) is 3.15. The molecule has 0 amide bonds. The van der Waals surface area contributed by atoms with Gasteiger partial charge in [-0.2, -0.15) is 4.98 Å². The van der Waals surface area contributed by atoms with E-state index in [0.717, 1.165) is 12.2 Å². The molecule has 3 rings (SSSR count). The van der Waals surface area contributed by atoms with Crippen LogP contribution in [-0.2, 0) is 13.6 Å². The van der Waals surface area contributed by atoms with Crippen LogP contribution in [0.4, 0.5) is 0 Å². The third-order valence-electron chi connectivity index (χ3n) is 4.62. The van der Waals surface area contributed by atoms with Gasteiger partial charge < -0.3 is 9.13 Å². The summed E-state index contributed by atoms with van der Waals surface area (Å²) < 4.78 is 3.80. The highest BCUT2D eigenvalue weighted by Gasteiger charge is 2.27. The summed E-state index contributed by atoms with van der Waals surface area (Å²) in [5.41, 5.74) is 1.67. The highest BCUT2D eigenvalue weighted by atomic mass is 16.1. The predicted molar refractivity (Wildman–Crippen MR) is 78.5 cm³/mol. The Morgan fingerprint density at radius 1 is 1.25 bits per heavy atom. The van der Waals surface area contributed by atoms with Crippen LogP contribution in [0.2, 0.25) is 0 Å². The summed E-state index contributed by atoms with van der Waals surface area (Å²) >= 11 is 0. The second kappa shape index (κ2) is 4.72. The average Bonchev–Trinajstić information content (AvgIpc) is 2.82. The summed E-state index contributed by atoms with van der Waals surface area (Å²) in [6.07, 6.45) is 8.31. The lowest BCUT2D eigenvalue weighted by atomic mass is 9.73. The second-order valence-electron chi connectivity index (χ2n) is 6.84. The molecule has 0 N–H and O–H groups in total. The van der Waals surface area contributed by atoms with Crippen molar-refractivity contribution in [1.29, 1.82) is 0 Å². The van der Waals surface area contributed by atoms with E-state index < -0.39 is 0 Å². The zero-order valence-electron chi connectivity index (χ0n) is 12.5. The monoisotopic (exact) mass is 274 g/mol. The van der Waals surface area contributed by atoms with Gasteiger partial charge in [0, 0.05) is 13.6 Å². The van der Waals surface area contributed by atoms with Gasteiger partial charge in [-0.15, -0.1) is 0 Å². The maximum atomic E-state index is 12.0. The summed E-state index contributed by atoms with van der Waals surface area (Å²) in [6, 6.07) is 0. The van der Waals surface area contributed by atoms with Gasteiger partial charge in [-0.25, -0.2) is 4.98 Å². The summed E-state index contributed by atoms with van der Waals surface area (Å²) in [4.78, 5) is 20.2. The molecule has 1 fully saturated rings. The molecule has 0 spiro atoms. The topological polar surface area (TPSA) is 52.7 Å². The van der Waals surface area contributed by atoms with Crippen LogP contribution in [0.5, 0.6) is 0 Å². The molecule has 20 heavy (non-hydrogen) atoms. The van der Waals surface area contributed by atoms with E-state index in [2.05, 4.69) is 23.8 Å². The Morgan fingerprint density at radius 2 is 1.95 bits per heavy atom. The van der Waals surface area contributed by atoms with E-state index in [9.17, 15) is 4.79 Å². The largest absolute Gasteiger partial charge is 0.324 e. The molecule has 0 aromatic carbocycles. The van der Waals surface area contributed by atoms with Gasteiger partial charge in [-0.3, -0.25) is 4.79 Å². The number of aryl methyl sites for hydroxylation is 1. The Labute approximate surface area is 118 Å². The van der Waals surface area contributed by atoms with Crippen molar-refractivity contribution in [1.82, 2.24) is 19.1 Å². The van der Waals surface area contributed by atoms with Crippen molar-refractivity contribution in [3.05, 3.63) is 23.0 Å². The third kappa shape index (κ3) is 2.37. The first-order valence-corrected chi connectivity index (χ1v) is 7.33. The van der Waals surface area contributed by atoms with E-state index in [1.807, 2.05) is 11.6 Å². The molecule has 0 aliphatic heterocycles. The highest BCUT2D eigenvalue weighted by molar-refractivity contribution is 5.69. The Morgan fingerprint density at radius 3 is 2.65 bits per heavy atom. The van der Waals surface area contributed by atoms with E-state index in [4.69, 9.17) is 0 Å². The summed E-state index contributed by atoms with van der Waals surface area (Å²) in [5, 5.41) is 0. The van der Waals surface area contributed by atoms with E-state index in [1.54, 1.807) is 10.9 Å². The molecule has 0 bridgehead atoms. The number of aromatic nitrogens is 4. The first kappa shape index (κ1) is 13.3. The Balaban J connectivity index is 1.86. The van der Waals surface area contributed by atoms with Crippen molar-refractivity contribution in [2.24, 2.45) is 18.4 Å². The third-order valence-corrected chi connectivity index (χ3v) is 4.62. The van der Waals surface area contributed by atoms with Crippen LogP contribution in [0.15, 0.2) is 17.4 Å². The molecule has 5 nitrogen and oxygen atoms in total. The summed E-state index contributed by atoms with van der Waals surface area (Å²) in [7, 11) is 1.87. The second-order valence-corrected chi connectivity index (χ2v) is 6.84. The van der Waals surface area contributed by atoms with Crippen LogP contribution in [0.1, 0.15) is 39.5 Å². The van der Waals surface area contributed by atoms with Crippen LogP contribution in [-0.4, -0.2) is 19.1 Å². The zero-order chi connectivity index (χ0) is 14.3. The first-order chi connectivity index (χ1) is 9.46. The Hall–Kier alpha value is -1.65. The predicted octanol–water partition coefficient (Wildman–Crippen LogP) is 2.35. The molecular formula is C15H22N4O. The van der Waals surface area contributed by atoms with Gasteiger partial charge in [0.15, 0.2) is 11.2 Å². The minimum absolute atomic E-state index is 0.174. The van der Waals surface area contributed by atoms with Crippen LogP contribution in [0.25, 0.3) is 11.2 Å². The van der Waals surface area contributed by atoms with Crippen molar-refractivity contribution in [2.45, 2.75) is 46.1 Å². The van der Waals surface area contributed by atoms with Gasteiger partial charge >= 0.3 is 0 Å². The SMILES string of the molecule is Cn1cnc(=O)c2c1ncn2CC1CCC(C)(C)CC1. The Bertz CT molecular complexity index is 673. The van der Waals surface area contributed by atoms with E-state index >= 15 is 0 Å². The van der Waals surface area contributed by atoms with Crippen molar-refractivity contribution in [3.8, 4) is 0 Å². The molecule has 0 unspecified atom stereocenters. The molecule has 108 valence electrons. The molecule has 2 aromatic rings. The fraction of sp³-hybridized carbons (Fsp3) is 0.667. The molecular weight excluding hydrogens is 252 g/mol. The smallest absolute Gasteiger partial charge is 0.298 e. The molecule has 1 aliphatic carbocycles. The first-order valence-electron chi connectivity index (χ1n) is 7.33. The maximum absolute atomic E-state index is 12.0. The number of imidazole rings is 1. The number of rotatable bonds is 2. The van der Waals surface area contributed by atoms with Gasteiger partial charge in [0.05, 0.1) is 6.33 Å². The molecule has 1 saturated carbocycles. The quantitative estimate of drug-likeness (QED) is 0.844. The average molecular weight is 274 g/mol. The van der Waals surface area contributed by atoms with Gasteiger partial charge in [-0.05, 0) is 37.0 Å². The number of fused-ring (bicyclic) bond motifs is 1. The van der Waals surface area contributed by atoms with Crippen molar-refractivity contribution >= 4 is 11.2 Å². The number of hydrogen-bond donors (Lipinski definition) is 0. The normalized spacial score (nSPS) is 19.6. The number of nitrogens with zero attached hydrogens (tertiary/aromatic N) is 4. The highest BCUT2D eigenvalue weighted by Crippen LogP contribution is 2.38. The van der Waals surface area contributed by atoms with Gasteiger partial charge in [-0.1, -0.05) is 13.8 Å². The number of hydrogen-bond acceptors (Lipinski definition) is 3. The minimum Gasteiger partial charge on any atom is -0.324 e. The zero-order valence-corrected chi connectivity index (χ0v) is 12.5. The molecule has 0 saturated heterocycles.